The highest BCUT2D eigenvalue weighted by Crippen LogP contribution is 2.39. The maximum atomic E-state index is 12.3. The molecule has 1 aromatic rings. The standard InChI is InChI=1S/C18H25BrN2OS/c19-14-4-6-16(7-5-14)23-9-8-17(22)21-18-12-2-1-3-13(18)11-15(20)10-12/h4-7,12-13,15,18H,1-3,8-11,20H2,(H,21,22). The molecule has 126 valence electrons. The van der Waals surface area contributed by atoms with Gasteiger partial charge in [-0.3, -0.25) is 4.79 Å². The number of benzene rings is 1. The summed E-state index contributed by atoms with van der Waals surface area (Å²) in [4.78, 5) is 13.5. The molecule has 2 aliphatic carbocycles. The molecule has 3 nitrogen and oxygen atoms in total. The first kappa shape index (κ1) is 17.3. The summed E-state index contributed by atoms with van der Waals surface area (Å²) in [5.74, 6) is 2.22. The molecular formula is C18H25BrN2OS. The van der Waals surface area contributed by atoms with Gasteiger partial charge in [0.1, 0.15) is 0 Å². The lowest BCUT2D eigenvalue weighted by atomic mass is 9.67. The lowest BCUT2D eigenvalue weighted by Gasteiger charge is -2.45. The first-order chi connectivity index (χ1) is 11.1. The van der Waals surface area contributed by atoms with Crippen molar-refractivity contribution in [1.82, 2.24) is 5.32 Å². The van der Waals surface area contributed by atoms with Crippen LogP contribution in [0.3, 0.4) is 0 Å². The Morgan fingerprint density at radius 1 is 1.22 bits per heavy atom. The van der Waals surface area contributed by atoms with Crippen LogP contribution >= 0.6 is 27.7 Å². The van der Waals surface area contributed by atoms with Crippen LogP contribution in [0.5, 0.6) is 0 Å². The van der Waals surface area contributed by atoms with Gasteiger partial charge in [-0.1, -0.05) is 22.4 Å². The van der Waals surface area contributed by atoms with Gasteiger partial charge in [-0.2, -0.15) is 0 Å². The van der Waals surface area contributed by atoms with E-state index in [0.717, 1.165) is 23.1 Å². The monoisotopic (exact) mass is 396 g/mol. The van der Waals surface area contributed by atoms with Gasteiger partial charge >= 0.3 is 0 Å². The van der Waals surface area contributed by atoms with Crippen molar-refractivity contribution in [2.75, 3.05) is 5.75 Å². The predicted octanol–water partition coefficient (Wildman–Crippen LogP) is 3.95. The van der Waals surface area contributed by atoms with E-state index in [1.807, 2.05) is 12.1 Å². The van der Waals surface area contributed by atoms with Crippen LogP contribution < -0.4 is 11.1 Å². The summed E-state index contributed by atoms with van der Waals surface area (Å²) >= 11 is 5.18. The number of halogens is 1. The first-order valence-electron chi connectivity index (χ1n) is 8.55. The van der Waals surface area contributed by atoms with Gasteiger partial charge in [0.25, 0.3) is 0 Å². The van der Waals surface area contributed by atoms with E-state index in [-0.39, 0.29) is 5.91 Å². The number of nitrogens with two attached hydrogens (primary N) is 1. The number of nitrogens with one attached hydrogen (secondary N) is 1. The topological polar surface area (TPSA) is 55.1 Å². The molecule has 2 bridgehead atoms. The molecule has 2 unspecified atom stereocenters. The average molecular weight is 397 g/mol. The van der Waals surface area contributed by atoms with Crippen LogP contribution in [-0.2, 0) is 4.79 Å². The van der Waals surface area contributed by atoms with Crippen molar-refractivity contribution in [3.8, 4) is 0 Å². The van der Waals surface area contributed by atoms with E-state index in [9.17, 15) is 4.79 Å². The first-order valence-corrected chi connectivity index (χ1v) is 10.3. The zero-order valence-electron chi connectivity index (χ0n) is 13.3. The molecule has 2 aliphatic rings. The van der Waals surface area contributed by atoms with Gasteiger partial charge in [0, 0.05) is 33.6 Å². The molecular weight excluding hydrogens is 372 g/mol. The predicted molar refractivity (Wildman–Crippen MR) is 99.5 cm³/mol. The van der Waals surface area contributed by atoms with Gasteiger partial charge in [0.15, 0.2) is 0 Å². The fourth-order valence-electron chi connectivity index (χ4n) is 4.08. The fourth-order valence-corrected chi connectivity index (χ4v) is 5.19. The van der Waals surface area contributed by atoms with Crippen molar-refractivity contribution in [2.24, 2.45) is 17.6 Å². The second kappa shape index (κ2) is 8.04. The summed E-state index contributed by atoms with van der Waals surface area (Å²) in [6.07, 6.45) is 6.49. The van der Waals surface area contributed by atoms with Crippen molar-refractivity contribution in [2.45, 2.75) is 55.5 Å². The molecule has 2 fully saturated rings. The van der Waals surface area contributed by atoms with Crippen molar-refractivity contribution in [1.29, 1.82) is 0 Å². The van der Waals surface area contributed by atoms with Crippen molar-refractivity contribution in [3.05, 3.63) is 28.7 Å². The Hall–Kier alpha value is -0.520. The molecule has 3 N–H and O–H groups in total. The van der Waals surface area contributed by atoms with Crippen molar-refractivity contribution in [3.63, 3.8) is 0 Å². The number of fused-ring (bicyclic) bond motifs is 2. The number of hydrogen-bond donors (Lipinski definition) is 2. The minimum atomic E-state index is 0.201. The molecule has 1 amide bonds. The van der Waals surface area contributed by atoms with Gasteiger partial charge in [-0.05, 0) is 61.8 Å². The summed E-state index contributed by atoms with van der Waals surface area (Å²) in [5.41, 5.74) is 6.15. The van der Waals surface area contributed by atoms with Crippen LogP contribution in [-0.4, -0.2) is 23.7 Å². The molecule has 0 spiro atoms. The average Bonchev–Trinajstić information content (AvgIpc) is 2.50. The smallest absolute Gasteiger partial charge is 0.221 e. The molecule has 2 atom stereocenters. The van der Waals surface area contributed by atoms with Crippen molar-refractivity contribution >= 4 is 33.6 Å². The molecule has 0 heterocycles. The Morgan fingerprint density at radius 3 is 2.52 bits per heavy atom. The third-order valence-electron chi connectivity index (χ3n) is 5.12. The van der Waals surface area contributed by atoms with Crippen LogP contribution in [0.25, 0.3) is 0 Å². The second-order valence-corrected chi connectivity index (χ2v) is 8.91. The van der Waals surface area contributed by atoms with Crippen LogP contribution in [0.1, 0.15) is 38.5 Å². The number of carbonyl (C=O) groups excluding carboxylic acids is 1. The third-order valence-corrected chi connectivity index (χ3v) is 6.66. The van der Waals surface area contributed by atoms with Gasteiger partial charge in [-0.25, -0.2) is 0 Å². The van der Waals surface area contributed by atoms with Gasteiger partial charge < -0.3 is 11.1 Å². The Bertz CT molecular complexity index is 522. The van der Waals surface area contributed by atoms with Crippen LogP contribution in [0.2, 0.25) is 0 Å². The van der Waals surface area contributed by atoms with Crippen LogP contribution in [0, 0.1) is 11.8 Å². The normalized spacial score (nSPS) is 30.0. The van der Waals surface area contributed by atoms with E-state index in [1.165, 1.54) is 24.2 Å². The molecule has 0 aromatic heterocycles. The summed E-state index contributed by atoms with van der Waals surface area (Å²) < 4.78 is 1.08. The third kappa shape index (κ3) is 4.74. The fraction of sp³-hybridized carbons (Fsp3) is 0.611. The van der Waals surface area contributed by atoms with Gasteiger partial charge in [-0.15, -0.1) is 11.8 Å². The molecule has 23 heavy (non-hydrogen) atoms. The lowest BCUT2D eigenvalue weighted by molar-refractivity contribution is -0.123. The Labute approximate surface area is 151 Å². The highest BCUT2D eigenvalue weighted by molar-refractivity contribution is 9.10. The number of amides is 1. The van der Waals surface area contributed by atoms with Gasteiger partial charge in [0.05, 0.1) is 0 Å². The van der Waals surface area contributed by atoms with E-state index < -0.39 is 0 Å². The maximum Gasteiger partial charge on any atom is 0.221 e. The minimum Gasteiger partial charge on any atom is -0.353 e. The quantitative estimate of drug-likeness (QED) is 0.740. The van der Waals surface area contributed by atoms with Crippen LogP contribution in [0.4, 0.5) is 0 Å². The van der Waals surface area contributed by atoms with E-state index in [4.69, 9.17) is 5.73 Å². The number of thioether (sulfide) groups is 1. The molecule has 3 rings (SSSR count). The van der Waals surface area contributed by atoms with Crippen LogP contribution in [0.15, 0.2) is 33.6 Å². The largest absolute Gasteiger partial charge is 0.353 e. The molecule has 5 heteroatoms. The molecule has 0 saturated heterocycles. The number of rotatable bonds is 5. The molecule has 2 saturated carbocycles. The Kier molecular flexibility index (Phi) is 6.05. The summed E-state index contributed by atoms with van der Waals surface area (Å²) in [5, 5.41) is 3.32. The Morgan fingerprint density at radius 2 is 1.87 bits per heavy atom. The number of hydrogen-bond acceptors (Lipinski definition) is 3. The number of carbonyl (C=O) groups is 1. The second-order valence-electron chi connectivity index (χ2n) is 6.83. The molecule has 1 aromatic carbocycles. The van der Waals surface area contributed by atoms with E-state index in [0.29, 0.717) is 30.3 Å². The zero-order chi connectivity index (χ0) is 16.2. The van der Waals surface area contributed by atoms with Gasteiger partial charge in [0.2, 0.25) is 5.91 Å². The summed E-state index contributed by atoms with van der Waals surface area (Å²) in [6, 6.07) is 8.95. The van der Waals surface area contributed by atoms with E-state index in [2.05, 4.69) is 33.4 Å². The van der Waals surface area contributed by atoms with Crippen molar-refractivity contribution < 1.29 is 4.79 Å². The SMILES string of the molecule is NC1CC2CCCC(C1)C2NC(=O)CCSc1ccc(Br)cc1. The summed E-state index contributed by atoms with van der Waals surface area (Å²) in [7, 11) is 0. The lowest BCUT2D eigenvalue weighted by Crippen LogP contribution is -2.53. The zero-order valence-corrected chi connectivity index (χ0v) is 15.7. The summed E-state index contributed by atoms with van der Waals surface area (Å²) in [6.45, 7) is 0. The van der Waals surface area contributed by atoms with E-state index in [1.54, 1.807) is 11.8 Å². The molecule has 0 radical (unpaired) electrons. The maximum absolute atomic E-state index is 12.3. The Balaban J connectivity index is 1.45. The highest BCUT2D eigenvalue weighted by atomic mass is 79.9. The molecule has 0 aliphatic heterocycles. The van der Waals surface area contributed by atoms with E-state index >= 15 is 0 Å². The minimum absolute atomic E-state index is 0.201. The highest BCUT2D eigenvalue weighted by Gasteiger charge is 2.39.